The standard InChI is InChI=1S/C17H25N3/c1-3-10-20-15-7-6-13(2)11-14(15)19-16(20)17(12-18)8-4-5-9-17/h6-7,11H,3-5,8-10,12,18H2,1-2H3. The molecule has 0 atom stereocenters. The lowest BCUT2D eigenvalue weighted by molar-refractivity contribution is 0.404. The van der Waals surface area contributed by atoms with Crippen molar-refractivity contribution in [2.75, 3.05) is 6.54 Å². The lowest BCUT2D eigenvalue weighted by Crippen LogP contribution is -2.35. The highest BCUT2D eigenvalue weighted by Crippen LogP contribution is 2.41. The third-order valence-corrected chi connectivity index (χ3v) is 4.78. The number of nitrogens with two attached hydrogens (primary N) is 1. The third-order valence-electron chi connectivity index (χ3n) is 4.78. The minimum absolute atomic E-state index is 0.113. The predicted octanol–water partition coefficient (Wildman–Crippen LogP) is 3.53. The molecule has 1 fully saturated rings. The first-order valence-electron chi connectivity index (χ1n) is 7.87. The minimum atomic E-state index is 0.113. The van der Waals surface area contributed by atoms with Gasteiger partial charge in [0.1, 0.15) is 5.82 Å². The van der Waals surface area contributed by atoms with Crippen LogP contribution in [0.25, 0.3) is 11.0 Å². The summed E-state index contributed by atoms with van der Waals surface area (Å²) in [6.45, 7) is 6.12. The van der Waals surface area contributed by atoms with Gasteiger partial charge in [-0.25, -0.2) is 4.98 Å². The molecule has 0 spiro atoms. The summed E-state index contributed by atoms with van der Waals surface area (Å²) in [5, 5.41) is 0. The Morgan fingerprint density at radius 1 is 1.30 bits per heavy atom. The van der Waals surface area contributed by atoms with E-state index in [2.05, 4.69) is 36.6 Å². The van der Waals surface area contributed by atoms with Crippen molar-refractivity contribution in [2.45, 2.75) is 57.9 Å². The molecule has 1 aliphatic carbocycles. The van der Waals surface area contributed by atoms with E-state index in [1.807, 2.05) is 0 Å². The molecule has 108 valence electrons. The molecule has 0 radical (unpaired) electrons. The molecule has 1 saturated carbocycles. The van der Waals surface area contributed by atoms with Crippen LogP contribution >= 0.6 is 0 Å². The average Bonchev–Trinajstić information content (AvgIpc) is 3.05. The summed E-state index contributed by atoms with van der Waals surface area (Å²) < 4.78 is 2.42. The van der Waals surface area contributed by atoms with Gasteiger partial charge in [0.2, 0.25) is 0 Å². The van der Waals surface area contributed by atoms with Gasteiger partial charge in [-0.1, -0.05) is 25.8 Å². The second-order valence-electron chi connectivity index (χ2n) is 6.27. The summed E-state index contributed by atoms with van der Waals surface area (Å²) in [5.41, 5.74) is 9.96. The Morgan fingerprint density at radius 3 is 2.70 bits per heavy atom. The van der Waals surface area contributed by atoms with Crippen LogP contribution in [0.15, 0.2) is 18.2 Å². The molecule has 2 N–H and O–H groups in total. The first-order chi connectivity index (χ1) is 9.70. The number of nitrogens with zero attached hydrogens (tertiary/aromatic N) is 2. The van der Waals surface area contributed by atoms with E-state index >= 15 is 0 Å². The largest absolute Gasteiger partial charge is 0.329 e. The molecule has 1 aromatic heterocycles. The van der Waals surface area contributed by atoms with Crippen molar-refractivity contribution in [3.63, 3.8) is 0 Å². The summed E-state index contributed by atoms with van der Waals surface area (Å²) in [4.78, 5) is 5.00. The van der Waals surface area contributed by atoms with E-state index in [0.717, 1.165) is 25.0 Å². The second-order valence-corrected chi connectivity index (χ2v) is 6.27. The zero-order chi connectivity index (χ0) is 14.2. The highest BCUT2D eigenvalue weighted by atomic mass is 15.1. The van der Waals surface area contributed by atoms with Crippen LogP contribution in [0.1, 0.15) is 50.4 Å². The van der Waals surface area contributed by atoms with Gasteiger partial charge < -0.3 is 10.3 Å². The topological polar surface area (TPSA) is 43.8 Å². The highest BCUT2D eigenvalue weighted by Gasteiger charge is 2.38. The average molecular weight is 271 g/mol. The first-order valence-corrected chi connectivity index (χ1v) is 7.87. The number of aryl methyl sites for hydroxylation is 2. The lowest BCUT2D eigenvalue weighted by atomic mass is 9.85. The van der Waals surface area contributed by atoms with Gasteiger partial charge in [-0.2, -0.15) is 0 Å². The van der Waals surface area contributed by atoms with Gasteiger partial charge in [0.15, 0.2) is 0 Å². The Kier molecular flexibility index (Phi) is 3.55. The van der Waals surface area contributed by atoms with Crippen LogP contribution in [0, 0.1) is 6.92 Å². The van der Waals surface area contributed by atoms with Crippen LogP contribution in [-0.2, 0) is 12.0 Å². The Balaban J connectivity index is 2.20. The maximum Gasteiger partial charge on any atom is 0.117 e. The van der Waals surface area contributed by atoms with E-state index in [-0.39, 0.29) is 5.41 Å². The van der Waals surface area contributed by atoms with Crippen molar-refractivity contribution < 1.29 is 0 Å². The van der Waals surface area contributed by atoms with Gasteiger partial charge in [0.05, 0.1) is 11.0 Å². The van der Waals surface area contributed by atoms with Crippen molar-refractivity contribution in [3.8, 4) is 0 Å². The van der Waals surface area contributed by atoms with E-state index in [4.69, 9.17) is 10.7 Å². The van der Waals surface area contributed by atoms with Crippen molar-refractivity contribution >= 4 is 11.0 Å². The summed E-state index contributed by atoms with van der Waals surface area (Å²) in [7, 11) is 0. The number of hydrogen-bond donors (Lipinski definition) is 1. The van der Waals surface area contributed by atoms with Crippen LogP contribution < -0.4 is 5.73 Å². The quantitative estimate of drug-likeness (QED) is 0.924. The van der Waals surface area contributed by atoms with Gasteiger partial charge in [0, 0.05) is 18.5 Å². The molecule has 0 amide bonds. The minimum Gasteiger partial charge on any atom is -0.329 e. The molecule has 3 rings (SSSR count). The molecule has 1 heterocycles. The molecular weight excluding hydrogens is 246 g/mol. The van der Waals surface area contributed by atoms with E-state index in [9.17, 15) is 0 Å². The smallest absolute Gasteiger partial charge is 0.117 e. The van der Waals surface area contributed by atoms with Crippen LogP contribution in [0.2, 0.25) is 0 Å². The number of benzene rings is 1. The fraction of sp³-hybridized carbons (Fsp3) is 0.588. The number of fused-ring (bicyclic) bond motifs is 1. The summed E-state index contributed by atoms with van der Waals surface area (Å²) in [6, 6.07) is 6.60. The number of imidazole rings is 1. The molecule has 1 aromatic carbocycles. The second kappa shape index (κ2) is 5.21. The molecule has 0 aliphatic heterocycles. The van der Waals surface area contributed by atoms with Crippen LogP contribution in [0.5, 0.6) is 0 Å². The fourth-order valence-corrected chi connectivity index (χ4v) is 3.67. The number of hydrogen-bond acceptors (Lipinski definition) is 2. The molecule has 20 heavy (non-hydrogen) atoms. The van der Waals surface area contributed by atoms with Crippen LogP contribution in [0.4, 0.5) is 0 Å². The monoisotopic (exact) mass is 271 g/mol. The first kappa shape index (κ1) is 13.6. The maximum atomic E-state index is 6.16. The molecule has 3 heteroatoms. The van der Waals surface area contributed by atoms with Crippen LogP contribution in [-0.4, -0.2) is 16.1 Å². The Bertz CT molecular complexity index is 606. The molecule has 1 aliphatic rings. The van der Waals surface area contributed by atoms with Crippen molar-refractivity contribution in [3.05, 3.63) is 29.6 Å². The van der Waals surface area contributed by atoms with Gasteiger partial charge in [0.25, 0.3) is 0 Å². The van der Waals surface area contributed by atoms with E-state index in [1.54, 1.807) is 0 Å². The number of aromatic nitrogens is 2. The van der Waals surface area contributed by atoms with E-state index in [0.29, 0.717) is 0 Å². The zero-order valence-corrected chi connectivity index (χ0v) is 12.7. The predicted molar refractivity (Wildman–Crippen MR) is 84.0 cm³/mol. The molecule has 0 unspecified atom stereocenters. The Labute approximate surface area is 121 Å². The zero-order valence-electron chi connectivity index (χ0n) is 12.7. The normalized spacial score (nSPS) is 17.9. The molecule has 3 nitrogen and oxygen atoms in total. The summed E-state index contributed by atoms with van der Waals surface area (Å²) in [5.74, 6) is 1.24. The summed E-state index contributed by atoms with van der Waals surface area (Å²) >= 11 is 0. The van der Waals surface area contributed by atoms with Gasteiger partial charge in [-0.3, -0.25) is 0 Å². The molecular formula is C17H25N3. The van der Waals surface area contributed by atoms with Gasteiger partial charge >= 0.3 is 0 Å². The Hall–Kier alpha value is -1.35. The number of rotatable bonds is 4. The molecule has 0 bridgehead atoms. The Morgan fingerprint density at radius 2 is 2.05 bits per heavy atom. The molecule has 2 aromatic rings. The molecule has 0 saturated heterocycles. The van der Waals surface area contributed by atoms with Crippen LogP contribution in [0.3, 0.4) is 0 Å². The fourth-order valence-electron chi connectivity index (χ4n) is 3.67. The van der Waals surface area contributed by atoms with Crippen molar-refractivity contribution in [1.29, 1.82) is 0 Å². The van der Waals surface area contributed by atoms with Crippen molar-refractivity contribution in [1.82, 2.24) is 9.55 Å². The van der Waals surface area contributed by atoms with Crippen molar-refractivity contribution in [2.24, 2.45) is 5.73 Å². The lowest BCUT2D eigenvalue weighted by Gasteiger charge is -2.27. The third kappa shape index (κ3) is 2.05. The summed E-state index contributed by atoms with van der Waals surface area (Å²) in [6.07, 6.45) is 6.08. The highest BCUT2D eigenvalue weighted by molar-refractivity contribution is 5.77. The SMILES string of the molecule is CCCn1c(C2(CN)CCCC2)nc2cc(C)ccc21. The van der Waals surface area contributed by atoms with Gasteiger partial charge in [-0.05, 0) is 43.9 Å². The maximum absolute atomic E-state index is 6.16. The van der Waals surface area contributed by atoms with Gasteiger partial charge in [-0.15, -0.1) is 0 Å². The van der Waals surface area contributed by atoms with E-state index < -0.39 is 0 Å². The van der Waals surface area contributed by atoms with E-state index in [1.165, 1.54) is 42.6 Å².